The van der Waals surface area contributed by atoms with E-state index in [-0.39, 0.29) is 17.8 Å². The van der Waals surface area contributed by atoms with Gasteiger partial charge in [-0.15, -0.1) is 0 Å². The highest BCUT2D eigenvalue weighted by Gasteiger charge is 2.12. The van der Waals surface area contributed by atoms with Crippen molar-refractivity contribution < 1.29 is 4.74 Å². The van der Waals surface area contributed by atoms with Gasteiger partial charge < -0.3 is 9.30 Å². The molecular weight excluding hydrogens is 428 g/mol. The summed E-state index contributed by atoms with van der Waals surface area (Å²) in [5.74, 6) is 0.258. The molecule has 0 atom stereocenters. The lowest BCUT2D eigenvalue weighted by atomic mass is 10.2. The Morgan fingerprint density at radius 3 is 2.30 bits per heavy atom. The van der Waals surface area contributed by atoms with Gasteiger partial charge in [-0.05, 0) is 36.8 Å². The Morgan fingerprint density at radius 1 is 0.926 bits per heavy atom. The lowest BCUT2D eigenvalue weighted by molar-refractivity contribution is 0.297. The van der Waals surface area contributed by atoms with Crippen molar-refractivity contribution in [2.24, 2.45) is 0 Å². The second-order valence-corrected chi connectivity index (χ2v) is 7.59. The summed E-state index contributed by atoms with van der Waals surface area (Å²) < 4.78 is 7.69. The van der Waals surface area contributed by atoms with Crippen molar-refractivity contribution in [3.05, 3.63) is 95.8 Å². The monoisotopic (exact) mass is 441 g/mol. The van der Waals surface area contributed by atoms with E-state index in [1.165, 1.54) is 6.07 Å². The van der Waals surface area contributed by atoms with Crippen LogP contribution in [0.15, 0.2) is 53.5 Å². The molecule has 3 nitrogen and oxygen atoms in total. The van der Waals surface area contributed by atoms with Crippen molar-refractivity contribution in [1.29, 1.82) is 0 Å². The predicted octanol–water partition coefficient (Wildman–Crippen LogP) is 6.40. The topological polar surface area (TPSA) is 31.2 Å². The van der Waals surface area contributed by atoms with Crippen LogP contribution in [0.25, 0.3) is 0 Å². The van der Waals surface area contributed by atoms with Gasteiger partial charge in [0.1, 0.15) is 6.61 Å². The van der Waals surface area contributed by atoms with Gasteiger partial charge in [-0.2, -0.15) is 0 Å². The first-order chi connectivity index (χ1) is 12.9. The van der Waals surface area contributed by atoms with Crippen LogP contribution in [0, 0.1) is 6.92 Å². The third kappa shape index (κ3) is 4.61. The molecule has 2 aromatic carbocycles. The van der Waals surface area contributed by atoms with E-state index in [4.69, 9.17) is 51.1 Å². The highest BCUT2D eigenvalue weighted by Crippen LogP contribution is 2.26. The molecule has 0 fully saturated rings. The first kappa shape index (κ1) is 20.1. The SMILES string of the molecule is Cc1c(OCc2c(Cl)cccc2Cl)c(=O)ccn1Cc1ccc(Cl)c(Cl)c1. The van der Waals surface area contributed by atoms with E-state index in [0.29, 0.717) is 37.9 Å². The average molecular weight is 443 g/mol. The van der Waals surface area contributed by atoms with Crippen molar-refractivity contribution in [2.75, 3.05) is 0 Å². The average Bonchev–Trinajstić information content (AvgIpc) is 2.62. The largest absolute Gasteiger partial charge is 0.483 e. The second-order valence-electron chi connectivity index (χ2n) is 5.96. The van der Waals surface area contributed by atoms with Gasteiger partial charge in [-0.3, -0.25) is 4.79 Å². The Balaban J connectivity index is 1.87. The molecule has 0 saturated carbocycles. The van der Waals surface area contributed by atoms with Crippen LogP contribution in [0.5, 0.6) is 5.75 Å². The zero-order chi connectivity index (χ0) is 19.6. The molecule has 1 aromatic heterocycles. The van der Waals surface area contributed by atoms with Gasteiger partial charge in [0.2, 0.25) is 5.43 Å². The maximum atomic E-state index is 12.3. The summed E-state index contributed by atoms with van der Waals surface area (Å²) in [6.07, 6.45) is 1.72. The maximum Gasteiger partial charge on any atom is 0.223 e. The van der Waals surface area contributed by atoms with Gasteiger partial charge in [-0.25, -0.2) is 0 Å². The van der Waals surface area contributed by atoms with Gasteiger partial charge in [0, 0.05) is 34.4 Å². The van der Waals surface area contributed by atoms with E-state index in [2.05, 4.69) is 0 Å². The molecule has 0 amide bonds. The zero-order valence-corrected chi connectivity index (χ0v) is 17.3. The summed E-state index contributed by atoms with van der Waals surface area (Å²) in [5, 5.41) is 1.97. The molecule has 0 bridgehead atoms. The number of nitrogens with zero attached hydrogens (tertiary/aromatic N) is 1. The summed E-state index contributed by atoms with van der Waals surface area (Å²) >= 11 is 24.4. The third-order valence-electron chi connectivity index (χ3n) is 4.15. The van der Waals surface area contributed by atoms with Crippen LogP contribution in [0.3, 0.4) is 0 Å². The minimum atomic E-state index is -0.207. The quantitative estimate of drug-likeness (QED) is 0.457. The lowest BCUT2D eigenvalue weighted by Crippen LogP contribution is -2.15. The molecule has 3 rings (SSSR count). The van der Waals surface area contributed by atoms with E-state index in [1.807, 2.05) is 17.6 Å². The van der Waals surface area contributed by atoms with Gasteiger partial charge in [0.05, 0.1) is 15.7 Å². The Hall–Kier alpha value is -1.65. The predicted molar refractivity (Wildman–Crippen MR) is 112 cm³/mol. The van der Waals surface area contributed by atoms with E-state index in [1.54, 1.807) is 36.5 Å². The molecule has 0 N–H and O–H groups in total. The minimum Gasteiger partial charge on any atom is -0.483 e. The number of rotatable bonds is 5. The third-order valence-corrected chi connectivity index (χ3v) is 5.60. The summed E-state index contributed by atoms with van der Waals surface area (Å²) in [6, 6.07) is 12.1. The molecule has 0 unspecified atom stereocenters. The highest BCUT2D eigenvalue weighted by molar-refractivity contribution is 6.42. The number of ether oxygens (including phenoxy) is 1. The maximum absolute atomic E-state index is 12.3. The molecular formula is C20H15Cl4NO2. The van der Waals surface area contributed by atoms with Crippen molar-refractivity contribution in [1.82, 2.24) is 4.57 Å². The molecule has 0 spiro atoms. The van der Waals surface area contributed by atoms with E-state index < -0.39 is 0 Å². The van der Waals surface area contributed by atoms with Crippen LogP contribution in [0.1, 0.15) is 16.8 Å². The first-order valence-electron chi connectivity index (χ1n) is 8.06. The summed E-state index contributed by atoms with van der Waals surface area (Å²) in [6.45, 7) is 2.44. The zero-order valence-electron chi connectivity index (χ0n) is 14.3. The van der Waals surface area contributed by atoms with E-state index in [0.717, 1.165) is 5.56 Å². The normalized spacial score (nSPS) is 10.9. The Bertz CT molecular complexity index is 1030. The van der Waals surface area contributed by atoms with E-state index >= 15 is 0 Å². The number of hydrogen-bond donors (Lipinski definition) is 0. The van der Waals surface area contributed by atoms with Gasteiger partial charge in [0.25, 0.3) is 0 Å². The van der Waals surface area contributed by atoms with Crippen LogP contribution in [0.4, 0.5) is 0 Å². The van der Waals surface area contributed by atoms with Gasteiger partial charge >= 0.3 is 0 Å². The molecule has 3 aromatic rings. The number of pyridine rings is 1. The molecule has 0 radical (unpaired) electrons. The van der Waals surface area contributed by atoms with E-state index in [9.17, 15) is 4.79 Å². The number of aromatic nitrogens is 1. The summed E-state index contributed by atoms with van der Waals surface area (Å²) in [5.41, 5.74) is 2.08. The fourth-order valence-electron chi connectivity index (χ4n) is 2.65. The highest BCUT2D eigenvalue weighted by atomic mass is 35.5. The molecule has 1 heterocycles. The number of benzene rings is 2. The van der Waals surface area contributed by atoms with Crippen LogP contribution in [-0.4, -0.2) is 4.57 Å². The lowest BCUT2D eigenvalue weighted by Gasteiger charge is -2.16. The van der Waals surface area contributed by atoms with Crippen molar-refractivity contribution in [3.63, 3.8) is 0 Å². The Labute approximate surface area is 177 Å². The van der Waals surface area contributed by atoms with Gasteiger partial charge in [-0.1, -0.05) is 58.5 Å². The smallest absolute Gasteiger partial charge is 0.223 e. The van der Waals surface area contributed by atoms with Crippen molar-refractivity contribution >= 4 is 46.4 Å². The molecule has 0 saturated heterocycles. The van der Waals surface area contributed by atoms with Gasteiger partial charge in [0.15, 0.2) is 5.75 Å². The minimum absolute atomic E-state index is 0.103. The molecule has 0 aliphatic carbocycles. The summed E-state index contributed by atoms with van der Waals surface area (Å²) in [4.78, 5) is 12.3. The number of hydrogen-bond acceptors (Lipinski definition) is 2. The fourth-order valence-corrected chi connectivity index (χ4v) is 3.48. The fraction of sp³-hybridized carbons (Fsp3) is 0.150. The molecule has 0 aliphatic heterocycles. The second kappa shape index (κ2) is 8.57. The Morgan fingerprint density at radius 2 is 1.63 bits per heavy atom. The molecule has 7 heteroatoms. The first-order valence-corrected chi connectivity index (χ1v) is 9.57. The standard InChI is InChI=1S/C20H15Cl4NO2/c1-12-20(27-11-14-15(21)3-2-4-16(14)22)19(26)7-8-25(12)10-13-5-6-17(23)18(24)9-13/h2-9H,10-11H2,1H3. The Kier molecular flexibility index (Phi) is 6.38. The van der Waals surface area contributed by atoms with Crippen LogP contribution in [0.2, 0.25) is 20.1 Å². The van der Waals surface area contributed by atoms with Crippen molar-refractivity contribution in [2.45, 2.75) is 20.1 Å². The molecule has 140 valence electrons. The van der Waals surface area contributed by atoms with Crippen LogP contribution in [-0.2, 0) is 13.2 Å². The van der Waals surface area contributed by atoms with Crippen molar-refractivity contribution in [3.8, 4) is 5.75 Å². The van der Waals surface area contributed by atoms with Crippen LogP contribution < -0.4 is 10.2 Å². The summed E-state index contributed by atoms with van der Waals surface area (Å²) in [7, 11) is 0. The molecule has 27 heavy (non-hydrogen) atoms. The molecule has 0 aliphatic rings. The number of halogens is 4. The van der Waals surface area contributed by atoms with Crippen LogP contribution >= 0.6 is 46.4 Å².